The molecule has 0 aromatic rings. The molecular formula is C13H25NO. The Morgan fingerprint density at radius 2 is 2.07 bits per heavy atom. The van der Waals surface area contributed by atoms with Crippen LogP contribution in [0.15, 0.2) is 12.7 Å². The van der Waals surface area contributed by atoms with Gasteiger partial charge in [-0.25, -0.2) is 0 Å². The molecule has 0 aliphatic carbocycles. The van der Waals surface area contributed by atoms with Gasteiger partial charge in [-0.2, -0.15) is 0 Å². The van der Waals surface area contributed by atoms with Gasteiger partial charge in [-0.3, -0.25) is 4.90 Å². The third kappa shape index (κ3) is 2.82. The highest BCUT2D eigenvalue weighted by Gasteiger charge is 2.37. The second-order valence-corrected chi connectivity index (χ2v) is 4.79. The molecule has 1 heterocycles. The number of hydrogen-bond donors (Lipinski definition) is 1. The van der Waals surface area contributed by atoms with Crippen LogP contribution < -0.4 is 0 Å². The Morgan fingerprint density at radius 3 is 2.53 bits per heavy atom. The van der Waals surface area contributed by atoms with Crippen LogP contribution in [0.5, 0.6) is 0 Å². The van der Waals surface area contributed by atoms with E-state index in [4.69, 9.17) is 0 Å². The highest BCUT2D eigenvalue weighted by atomic mass is 16.3. The zero-order valence-corrected chi connectivity index (χ0v) is 10.2. The Labute approximate surface area is 94.0 Å². The van der Waals surface area contributed by atoms with Crippen LogP contribution in [0.2, 0.25) is 0 Å². The number of aliphatic hydroxyl groups is 1. The summed E-state index contributed by atoms with van der Waals surface area (Å²) < 4.78 is 0. The van der Waals surface area contributed by atoms with Crippen molar-refractivity contribution in [3.8, 4) is 0 Å². The molecule has 1 aliphatic heterocycles. The molecule has 0 radical (unpaired) electrons. The van der Waals surface area contributed by atoms with Crippen molar-refractivity contribution >= 4 is 0 Å². The fraction of sp³-hybridized carbons (Fsp3) is 0.846. The van der Waals surface area contributed by atoms with Gasteiger partial charge in [0.2, 0.25) is 0 Å². The lowest BCUT2D eigenvalue weighted by Gasteiger charge is -2.42. The van der Waals surface area contributed by atoms with Gasteiger partial charge in [-0.1, -0.05) is 13.0 Å². The molecule has 0 saturated carbocycles. The fourth-order valence-corrected chi connectivity index (χ4v) is 2.48. The van der Waals surface area contributed by atoms with E-state index >= 15 is 0 Å². The van der Waals surface area contributed by atoms with Crippen molar-refractivity contribution in [2.75, 3.05) is 13.1 Å². The molecular weight excluding hydrogens is 186 g/mol. The summed E-state index contributed by atoms with van der Waals surface area (Å²) in [6.45, 7) is 10.4. The van der Waals surface area contributed by atoms with E-state index in [2.05, 4.69) is 25.3 Å². The van der Waals surface area contributed by atoms with E-state index in [1.165, 1.54) is 12.8 Å². The maximum absolute atomic E-state index is 10.3. The Balaban J connectivity index is 2.60. The largest absolute Gasteiger partial charge is 0.391 e. The van der Waals surface area contributed by atoms with Crippen LogP contribution >= 0.6 is 0 Å². The molecule has 1 rings (SSSR count). The Morgan fingerprint density at radius 1 is 1.47 bits per heavy atom. The average Bonchev–Trinajstić information content (AvgIpc) is 2.78. The highest BCUT2D eigenvalue weighted by Crippen LogP contribution is 2.29. The van der Waals surface area contributed by atoms with Crippen LogP contribution in [0.1, 0.15) is 46.0 Å². The summed E-state index contributed by atoms with van der Waals surface area (Å²) in [7, 11) is 0. The van der Waals surface area contributed by atoms with Crippen LogP contribution in [0.25, 0.3) is 0 Å². The van der Waals surface area contributed by atoms with E-state index in [0.29, 0.717) is 0 Å². The molecule has 0 bridgehead atoms. The second kappa shape index (κ2) is 5.66. The van der Waals surface area contributed by atoms with Gasteiger partial charge in [-0.05, 0) is 52.1 Å². The van der Waals surface area contributed by atoms with Gasteiger partial charge >= 0.3 is 0 Å². The Bertz CT molecular complexity index is 199. The molecule has 2 atom stereocenters. The first-order chi connectivity index (χ1) is 7.15. The molecule has 2 unspecified atom stereocenters. The van der Waals surface area contributed by atoms with E-state index < -0.39 is 0 Å². The topological polar surface area (TPSA) is 23.5 Å². The van der Waals surface area contributed by atoms with Crippen molar-refractivity contribution in [3.63, 3.8) is 0 Å². The molecule has 88 valence electrons. The molecule has 1 saturated heterocycles. The summed E-state index contributed by atoms with van der Waals surface area (Å²) >= 11 is 0. The minimum absolute atomic E-state index is 0.0283. The molecule has 0 amide bonds. The summed E-state index contributed by atoms with van der Waals surface area (Å²) in [5, 5.41) is 10.3. The van der Waals surface area contributed by atoms with Gasteiger partial charge in [0.15, 0.2) is 0 Å². The van der Waals surface area contributed by atoms with Crippen LogP contribution in [0, 0.1) is 0 Å². The fourth-order valence-electron chi connectivity index (χ4n) is 2.48. The summed E-state index contributed by atoms with van der Waals surface area (Å²) in [6, 6.07) is 0. The normalized spacial score (nSPS) is 23.7. The van der Waals surface area contributed by atoms with Crippen molar-refractivity contribution in [1.29, 1.82) is 0 Å². The molecule has 1 fully saturated rings. The first kappa shape index (κ1) is 12.7. The first-order valence-electron chi connectivity index (χ1n) is 6.19. The van der Waals surface area contributed by atoms with E-state index in [9.17, 15) is 5.11 Å². The molecule has 1 aliphatic rings. The Hall–Kier alpha value is -0.340. The summed E-state index contributed by atoms with van der Waals surface area (Å²) in [6.07, 6.45) is 7.00. The van der Waals surface area contributed by atoms with Gasteiger partial charge in [0.25, 0.3) is 0 Å². The molecule has 0 spiro atoms. The van der Waals surface area contributed by atoms with Crippen molar-refractivity contribution in [2.45, 2.75) is 57.6 Å². The third-order valence-corrected chi connectivity index (χ3v) is 3.91. The zero-order valence-electron chi connectivity index (χ0n) is 10.2. The number of hydrogen-bond acceptors (Lipinski definition) is 2. The van der Waals surface area contributed by atoms with Gasteiger partial charge < -0.3 is 5.11 Å². The average molecular weight is 211 g/mol. The van der Waals surface area contributed by atoms with Crippen LogP contribution in [0.4, 0.5) is 0 Å². The number of likely N-dealkylation sites (tertiary alicyclic amines) is 1. The minimum atomic E-state index is -0.224. The highest BCUT2D eigenvalue weighted by molar-refractivity contribution is 4.94. The molecule has 0 aromatic carbocycles. The molecule has 2 heteroatoms. The maximum atomic E-state index is 10.3. The predicted octanol–water partition coefficient (Wildman–Crippen LogP) is 2.58. The van der Waals surface area contributed by atoms with E-state index in [0.717, 1.165) is 32.4 Å². The van der Waals surface area contributed by atoms with Crippen LogP contribution in [-0.2, 0) is 0 Å². The Kier molecular flexibility index (Phi) is 4.81. The van der Waals surface area contributed by atoms with E-state index in [1.807, 2.05) is 6.08 Å². The third-order valence-electron chi connectivity index (χ3n) is 3.91. The van der Waals surface area contributed by atoms with Gasteiger partial charge in [-0.15, -0.1) is 6.58 Å². The number of rotatable bonds is 6. The van der Waals surface area contributed by atoms with Gasteiger partial charge in [0, 0.05) is 5.54 Å². The zero-order chi connectivity index (χ0) is 11.3. The lowest BCUT2D eigenvalue weighted by molar-refractivity contribution is -0.0160. The number of allylic oxidation sites excluding steroid dienone is 1. The van der Waals surface area contributed by atoms with Gasteiger partial charge in [0.05, 0.1) is 6.10 Å². The molecule has 0 aromatic heterocycles. The lowest BCUT2D eigenvalue weighted by atomic mass is 9.87. The van der Waals surface area contributed by atoms with Crippen molar-refractivity contribution < 1.29 is 5.11 Å². The predicted molar refractivity (Wildman–Crippen MR) is 64.9 cm³/mol. The van der Waals surface area contributed by atoms with E-state index in [-0.39, 0.29) is 11.6 Å². The molecule has 1 N–H and O–H groups in total. The van der Waals surface area contributed by atoms with Crippen LogP contribution in [0.3, 0.4) is 0 Å². The van der Waals surface area contributed by atoms with Crippen molar-refractivity contribution in [3.05, 3.63) is 12.7 Å². The quantitative estimate of drug-likeness (QED) is 0.683. The van der Waals surface area contributed by atoms with E-state index in [1.54, 1.807) is 0 Å². The van der Waals surface area contributed by atoms with Gasteiger partial charge in [0.1, 0.15) is 0 Å². The van der Waals surface area contributed by atoms with Crippen LogP contribution in [-0.4, -0.2) is 34.7 Å². The van der Waals surface area contributed by atoms with Crippen molar-refractivity contribution in [1.82, 2.24) is 4.90 Å². The minimum Gasteiger partial charge on any atom is -0.391 e. The molecule has 2 nitrogen and oxygen atoms in total. The summed E-state index contributed by atoms with van der Waals surface area (Å²) in [5.74, 6) is 0. The molecule has 15 heavy (non-hydrogen) atoms. The summed E-state index contributed by atoms with van der Waals surface area (Å²) in [5.41, 5.74) is -0.0283. The standard InChI is InChI=1S/C13H25NO/c1-4-6-9-12(15)13(3,5-2)14-10-7-8-11-14/h4,12,15H,1,5-11H2,2-3H3. The monoisotopic (exact) mass is 211 g/mol. The van der Waals surface area contributed by atoms with Crippen molar-refractivity contribution in [2.24, 2.45) is 0 Å². The number of aliphatic hydroxyl groups excluding tert-OH is 1. The first-order valence-corrected chi connectivity index (χ1v) is 6.19. The number of nitrogens with zero attached hydrogens (tertiary/aromatic N) is 1. The maximum Gasteiger partial charge on any atom is 0.0724 e. The summed E-state index contributed by atoms with van der Waals surface area (Å²) in [4.78, 5) is 2.46. The SMILES string of the molecule is C=CCCC(O)C(C)(CC)N1CCCC1. The second-order valence-electron chi connectivity index (χ2n) is 4.79. The smallest absolute Gasteiger partial charge is 0.0724 e. The lowest BCUT2D eigenvalue weighted by Crippen LogP contribution is -2.53.